The lowest BCUT2D eigenvalue weighted by Gasteiger charge is -2.04. The molecule has 24 heavy (non-hydrogen) atoms. The van der Waals surface area contributed by atoms with Gasteiger partial charge < -0.3 is 9.67 Å². The Bertz CT molecular complexity index is 937. The van der Waals surface area contributed by atoms with Crippen LogP contribution in [-0.4, -0.2) is 26.8 Å². The molecular formula is C16H12Br2N4O2. The lowest BCUT2D eigenvalue weighted by Crippen LogP contribution is -2.22. The number of para-hydroxylation sites is 2. The molecule has 122 valence electrons. The molecule has 2 N–H and O–H groups in total. The number of nitrogens with zero attached hydrogens (tertiary/aromatic N) is 3. The third-order valence-electron chi connectivity index (χ3n) is 3.29. The van der Waals surface area contributed by atoms with Gasteiger partial charge in [-0.15, -0.1) is 0 Å². The molecule has 0 unspecified atom stereocenters. The van der Waals surface area contributed by atoms with Crippen molar-refractivity contribution in [3.8, 4) is 5.75 Å². The van der Waals surface area contributed by atoms with E-state index < -0.39 is 0 Å². The summed E-state index contributed by atoms with van der Waals surface area (Å²) in [7, 11) is 0. The number of phenolic OH excluding ortho intramolecular Hbond substituents is 1. The molecule has 3 aromatic rings. The van der Waals surface area contributed by atoms with E-state index in [1.165, 1.54) is 6.21 Å². The van der Waals surface area contributed by atoms with Crippen molar-refractivity contribution in [3.05, 3.63) is 57.2 Å². The second-order valence-electron chi connectivity index (χ2n) is 4.98. The summed E-state index contributed by atoms with van der Waals surface area (Å²) in [6.07, 6.45) is 3.00. The molecule has 6 nitrogen and oxygen atoms in total. The van der Waals surface area contributed by atoms with Crippen molar-refractivity contribution in [1.82, 2.24) is 15.0 Å². The third kappa shape index (κ3) is 3.65. The molecule has 2 aromatic carbocycles. The van der Waals surface area contributed by atoms with Crippen LogP contribution in [-0.2, 0) is 11.3 Å². The number of hydrogen-bond donors (Lipinski definition) is 2. The Morgan fingerprint density at radius 2 is 2.12 bits per heavy atom. The summed E-state index contributed by atoms with van der Waals surface area (Å²) in [4.78, 5) is 16.2. The molecule has 0 bridgehead atoms. The van der Waals surface area contributed by atoms with Crippen LogP contribution >= 0.6 is 31.9 Å². The number of benzene rings is 2. The zero-order valence-electron chi connectivity index (χ0n) is 12.3. The summed E-state index contributed by atoms with van der Waals surface area (Å²) < 4.78 is 3.06. The summed E-state index contributed by atoms with van der Waals surface area (Å²) in [6, 6.07) is 11.0. The molecule has 0 fully saturated rings. The monoisotopic (exact) mass is 450 g/mol. The Kier molecular flexibility index (Phi) is 4.96. The van der Waals surface area contributed by atoms with Gasteiger partial charge in [-0.3, -0.25) is 4.79 Å². The summed E-state index contributed by atoms with van der Waals surface area (Å²) in [6.45, 7) is 0.103. The predicted octanol–water partition coefficient (Wildman–Crippen LogP) is 3.42. The quantitative estimate of drug-likeness (QED) is 0.471. The highest BCUT2D eigenvalue weighted by atomic mass is 79.9. The Labute approximate surface area is 154 Å². The minimum atomic E-state index is -0.289. The number of hydrogen-bond acceptors (Lipinski definition) is 4. The molecule has 1 amide bonds. The Morgan fingerprint density at radius 1 is 1.33 bits per heavy atom. The zero-order valence-corrected chi connectivity index (χ0v) is 15.5. The summed E-state index contributed by atoms with van der Waals surface area (Å²) in [5.74, 6) is -0.236. The van der Waals surface area contributed by atoms with E-state index in [0.717, 1.165) is 15.5 Å². The number of hydrazone groups is 1. The molecule has 0 aliphatic carbocycles. The second kappa shape index (κ2) is 7.14. The first-order chi connectivity index (χ1) is 11.5. The average Bonchev–Trinajstić information content (AvgIpc) is 2.95. The van der Waals surface area contributed by atoms with Crippen LogP contribution in [0.4, 0.5) is 0 Å². The van der Waals surface area contributed by atoms with Crippen molar-refractivity contribution >= 4 is 55.0 Å². The van der Waals surface area contributed by atoms with Gasteiger partial charge in [0.15, 0.2) is 0 Å². The fourth-order valence-corrected chi connectivity index (χ4v) is 3.44. The second-order valence-corrected chi connectivity index (χ2v) is 6.75. The van der Waals surface area contributed by atoms with Crippen LogP contribution in [0.1, 0.15) is 5.56 Å². The zero-order chi connectivity index (χ0) is 17.1. The third-order valence-corrected chi connectivity index (χ3v) is 4.35. The molecular weight excluding hydrogens is 440 g/mol. The first kappa shape index (κ1) is 16.7. The standard InChI is InChI=1S/C16H12Br2N4O2/c17-11-5-10(16(24)12(18)6-11)7-20-21-15(23)8-22-9-19-13-3-1-2-4-14(13)22/h1-7,9,24H,8H2,(H,21,23). The lowest BCUT2D eigenvalue weighted by molar-refractivity contribution is -0.121. The fourth-order valence-electron chi connectivity index (χ4n) is 2.18. The number of nitrogens with one attached hydrogen (secondary N) is 1. The number of imidazole rings is 1. The number of halogens is 2. The fraction of sp³-hybridized carbons (Fsp3) is 0.0625. The highest BCUT2D eigenvalue weighted by Gasteiger charge is 2.07. The van der Waals surface area contributed by atoms with Crippen molar-refractivity contribution in [2.45, 2.75) is 6.54 Å². The van der Waals surface area contributed by atoms with Gasteiger partial charge in [0.2, 0.25) is 0 Å². The smallest absolute Gasteiger partial charge is 0.260 e. The number of aromatic nitrogens is 2. The molecule has 8 heteroatoms. The molecule has 0 aliphatic heterocycles. The van der Waals surface area contributed by atoms with Gasteiger partial charge in [-0.2, -0.15) is 5.10 Å². The topological polar surface area (TPSA) is 79.5 Å². The Morgan fingerprint density at radius 3 is 2.96 bits per heavy atom. The van der Waals surface area contributed by atoms with Gasteiger partial charge in [0.1, 0.15) is 12.3 Å². The van der Waals surface area contributed by atoms with E-state index in [2.05, 4.69) is 47.4 Å². The molecule has 0 radical (unpaired) electrons. The van der Waals surface area contributed by atoms with Gasteiger partial charge >= 0.3 is 0 Å². The van der Waals surface area contributed by atoms with Crippen molar-refractivity contribution in [3.63, 3.8) is 0 Å². The number of carbonyl (C=O) groups is 1. The number of aromatic hydroxyl groups is 1. The maximum atomic E-state index is 12.0. The maximum Gasteiger partial charge on any atom is 0.260 e. The average molecular weight is 452 g/mol. The summed E-state index contributed by atoms with van der Waals surface area (Å²) >= 11 is 6.57. The van der Waals surface area contributed by atoms with Crippen LogP contribution in [0.15, 0.2) is 56.8 Å². The van der Waals surface area contributed by atoms with Crippen LogP contribution in [0.25, 0.3) is 11.0 Å². The van der Waals surface area contributed by atoms with Gasteiger partial charge in [-0.25, -0.2) is 10.4 Å². The molecule has 3 rings (SSSR count). The van der Waals surface area contributed by atoms with Crippen LogP contribution in [0, 0.1) is 0 Å². The van der Waals surface area contributed by atoms with Crippen LogP contribution in [0.2, 0.25) is 0 Å². The van der Waals surface area contributed by atoms with Crippen LogP contribution in [0.5, 0.6) is 5.75 Å². The molecule has 0 atom stereocenters. The predicted molar refractivity (Wildman–Crippen MR) is 99.0 cm³/mol. The largest absolute Gasteiger partial charge is 0.506 e. The van der Waals surface area contributed by atoms with Crippen LogP contribution in [0.3, 0.4) is 0 Å². The van der Waals surface area contributed by atoms with Gasteiger partial charge in [0, 0.05) is 10.0 Å². The van der Waals surface area contributed by atoms with Gasteiger partial charge in [-0.1, -0.05) is 28.1 Å². The Hall–Kier alpha value is -2.19. The van der Waals surface area contributed by atoms with Crippen molar-refractivity contribution < 1.29 is 9.90 Å². The molecule has 1 aromatic heterocycles. The highest BCUT2D eigenvalue weighted by molar-refractivity contribution is 9.11. The van der Waals surface area contributed by atoms with Crippen molar-refractivity contribution in [2.24, 2.45) is 5.10 Å². The molecule has 1 heterocycles. The molecule has 0 saturated carbocycles. The normalized spacial score (nSPS) is 11.2. The highest BCUT2D eigenvalue weighted by Crippen LogP contribution is 2.30. The lowest BCUT2D eigenvalue weighted by atomic mass is 10.2. The van der Waals surface area contributed by atoms with E-state index in [9.17, 15) is 9.90 Å². The molecule has 0 saturated heterocycles. The van der Waals surface area contributed by atoms with Crippen LogP contribution < -0.4 is 5.43 Å². The SMILES string of the molecule is O=C(Cn1cnc2ccccc21)NN=Cc1cc(Br)cc(Br)c1O. The maximum absolute atomic E-state index is 12.0. The van der Waals surface area contributed by atoms with E-state index in [1.807, 2.05) is 24.3 Å². The van der Waals surface area contributed by atoms with E-state index in [-0.39, 0.29) is 18.2 Å². The first-order valence-corrected chi connectivity index (χ1v) is 8.53. The van der Waals surface area contributed by atoms with Crippen molar-refractivity contribution in [2.75, 3.05) is 0 Å². The number of phenols is 1. The van der Waals surface area contributed by atoms with Crippen molar-refractivity contribution in [1.29, 1.82) is 0 Å². The van der Waals surface area contributed by atoms with Gasteiger partial charge in [0.05, 0.1) is 28.0 Å². The van der Waals surface area contributed by atoms with E-state index >= 15 is 0 Å². The number of carbonyl (C=O) groups excluding carboxylic acids is 1. The van der Waals surface area contributed by atoms with E-state index in [1.54, 1.807) is 23.0 Å². The number of rotatable bonds is 4. The number of fused-ring (bicyclic) bond motifs is 1. The first-order valence-electron chi connectivity index (χ1n) is 6.94. The Balaban J connectivity index is 1.68. The van der Waals surface area contributed by atoms with Gasteiger partial charge in [0.25, 0.3) is 5.91 Å². The van der Waals surface area contributed by atoms with E-state index in [0.29, 0.717) is 10.0 Å². The van der Waals surface area contributed by atoms with Gasteiger partial charge in [-0.05, 0) is 40.2 Å². The molecule has 0 spiro atoms. The number of amides is 1. The minimum absolute atomic E-state index is 0.0526. The summed E-state index contributed by atoms with van der Waals surface area (Å²) in [5, 5.41) is 13.8. The molecule has 0 aliphatic rings. The summed E-state index contributed by atoms with van der Waals surface area (Å²) in [5.41, 5.74) is 4.63. The minimum Gasteiger partial charge on any atom is -0.506 e. The van der Waals surface area contributed by atoms with E-state index in [4.69, 9.17) is 0 Å².